The van der Waals surface area contributed by atoms with Crippen LogP contribution in [-0.2, 0) is 14.3 Å². The van der Waals surface area contributed by atoms with Crippen molar-refractivity contribution in [3.8, 4) is 28.1 Å². The minimum absolute atomic E-state index is 0.0312. The molecule has 1 atom stereocenters. The quantitative estimate of drug-likeness (QED) is 0.271. The van der Waals surface area contributed by atoms with E-state index in [9.17, 15) is 9.59 Å². The first-order valence-electron chi connectivity index (χ1n) is 13.7. The molecule has 2 aromatic carbocycles. The lowest BCUT2D eigenvalue weighted by Gasteiger charge is -2.30. The van der Waals surface area contributed by atoms with Gasteiger partial charge in [-0.15, -0.1) is 0 Å². The number of hydrogen-bond donors (Lipinski definition) is 3. The number of methoxy groups -OCH3 is 1. The van der Waals surface area contributed by atoms with Crippen LogP contribution in [0.15, 0.2) is 60.9 Å². The van der Waals surface area contributed by atoms with Crippen molar-refractivity contribution in [3.05, 3.63) is 66.5 Å². The molecule has 4 heterocycles. The number of ether oxygens (including phenoxy) is 3. The Hall–Kier alpha value is -4.74. The van der Waals surface area contributed by atoms with Crippen LogP contribution in [0.5, 0.6) is 5.75 Å². The van der Waals surface area contributed by atoms with E-state index in [0.29, 0.717) is 65.9 Å². The molecule has 4 N–H and O–H groups in total. The fourth-order valence-electron chi connectivity index (χ4n) is 5.34. The van der Waals surface area contributed by atoms with Gasteiger partial charge in [-0.05, 0) is 48.7 Å². The summed E-state index contributed by atoms with van der Waals surface area (Å²) < 4.78 is 18.8. The highest BCUT2D eigenvalue weighted by atomic mass is 16.5. The number of nitrogens with one attached hydrogen (secondary N) is 2. The highest BCUT2D eigenvalue weighted by Gasteiger charge is 2.31. The van der Waals surface area contributed by atoms with Crippen molar-refractivity contribution in [1.29, 1.82) is 0 Å². The predicted octanol–water partition coefficient (Wildman–Crippen LogP) is 3.96. The normalized spacial score (nSPS) is 16.7. The highest BCUT2D eigenvalue weighted by Crippen LogP contribution is 2.45. The van der Waals surface area contributed by atoms with Crippen molar-refractivity contribution >= 4 is 34.4 Å². The van der Waals surface area contributed by atoms with E-state index in [4.69, 9.17) is 19.9 Å². The predicted molar refractivity (Wildman–Crippen MR) is 159 cm³/mol. The van der Waals surface area contributed by atoms with Crippen molar-refractivity contribution in [2.24, 2.45) is 0 Å². The molecule has 0 aliphatic carbocycles. The zero-order valence-corrected chi connectivity index (χ0v) is 23.5. The molecule has 0 radical (unpaired) electrons. The Morgan fingerprint density at radius 2 is 1.83 bits per heavy atom. The molecule has 42 heavy (non-hydrogen) atoms. The van der Waals surface area contributed by atoms with E-state index in [-0.39, 0.29) is 23.9 Å². The van der Waals surface area contributed by atoms with E-state index in [1.165, 1.54) is 6.33 Å². The molecular weight excluding hydrogens is 536 g/mol. The molecule has 2 aliphatic rings. The molecule has 0 spiro atoms. The van der Waals surface area contributed by atoms with E-state index < -0.39 is 0 Å². The van der Waals surface area contributed by atoms with Gasteiger partial charge in [-0.25, -0.2) is 9.97 Å². The molecule has 0 bridgehead atoms. The lowest BCUT2D eigenvalue weighted by Crippen LogP contribution is -2.35. The van der Waals surface area contributed by atoms with Crippen LogP contribution in [0.3, 0.4) is 0 Å². The number of carbonyl (C=O) groups is 2. The zero-order valence-electron chi connectivity index (χ0n) is 23.5. The highest BCUT2D eigenvalue weighted by molar-refractivity contribution is 6.09. The summed E-state index contributed by atoms with van der Waals surface area (Å²) in [5.41, 5.74) is 12.0. The number of fused-ring (bicyclic) bond motifs is 1. The van der Waals surface area contributed by atoms with Crippen LogP contribution in [0.4, 0.5) is 11.5 Å². The molecule has 2 saturated heterocycles. The summed E-state index contributed by atoms with van der Waals surface area (Å²) in [7, 11) is 1.54. The molecule has 216 valence electrons. The van der Waals surface area contributed by atoms with E-state index in [2.05, 4.69) is 31.7 Å². The molecule has 11 nitrogen and oxygen atoms in total. The third-order valence-corrected chi connectivity index (χ3v) is 7.60. The number of hydrogen-bond acceptors (Lipinski definition) is 8. The van der Waals surface area contributed by atoms with Gasteiger partial charge in [-0.3, -0.25) is 9.59 Å². The maximum atomic E-state index is 13.1. The van der Waals surface area contributed by atoms with Crippen molar-refractivity contribution in [2.45, 2.75) is 25.4 Å². The molecule has 11 heteroatoms. The van der Waals surface area contributed by atoms with E-state index in [0.717, 1.165) is 28.8 Å². The van der Waals surface area contributed by atoms with Crippen molar-refractivity contribution in [1.82, 2.24) is 19.9 Å². The van der Waals surface area contributed by atoms with Crippen LogP contribution in [0.2, 0.25) is 0 Å². The Morgan fingerprint density at radius 3 is 2.48 bits per heavy atom. The first-order chi connectivity index (χ1) is 20.4. The number of amides is 2. The fraction of sp³-hybridized carbons (Fsp3) is 0.290. The lowest BCUT2D eigenvalue weighted by molar-refractivity contribution is -0.112. The molecule has 0 saturated carbocycles. The summed E-state index contributed by atoms with van der Waals surface area (Å²) in [5.74, 6) is 0.293. The monoisotopic (exact) mass is 568 g/mol. The summed E-state index contributed by atoms with van der Waals surface area (Å²) in [4.78, 5) is 34.3. The Labute approximate surface area is 242 Å². The topological polar surface area (TPSA) is 143 Å². The van der Waals surface area contributed by atoms with Gasteiger partial charge in [0.1, 0.15) is 23.5 Å². The van der Waals surface area contributed by atoms with Gasteiger partial charge < -0.3 is 35.1 Å². The SMILES string of the molecule is C=C(C)C(=O)Nc1ccc(-c2c(-c3ccc(C(=O)NC4CCOC4)c(OC)c3)c3c(N)ncnc3n2C2COC2)cc1. The number of anilines is 2. The van der Waals surface area contributed by atoms with Crippen molar-refractivity contribution in [3.63, 3.8) is 0 Å². The second kappa shape index (κ2) is 11.3. The molecule has 2 amide bonds. The van der Waals surface area contributed by atoms with Crippen LogP contribution in [0.1, 0.15) is 29.7 Å². The fourth-order valence-corrected chi connectivity index (χ4v) is 5.34. The Balaban J connectivity index is 1.50. The Morgan fingerprint density at radius 1 is 1.07 bits per heavy atom. The number of carbonyl (C=O) groups excluding carboxylic acids is 2. The maximum Gasteiger partial charge on any atom is 0.255 e. The van der Waals surface area contributed by atoms with Crippen LogP contribution in [-0.4, -0.2) is 65.9 Å². The largest absolute Gasteiger partial charge is 0.496 e. The standard InChI is InChI=1S/C31H32N6O5/c1-17(2)30(38)35-20-7-4-18(5-8-20)27-25(26-28(32)33-16-34-29(26)37(27)22-14-42-15-22)19-6-9-23(24(12-19)40-3)31(39)36-21-10-11-41-13-21/h4-9,12,16,21-22H,1,10-11,13-15H2,2-3H3,(H,35,38)(H,36,39)(H2,32,33,34). The third-order valence-electron chi connectivity index (χ3n) is 7.60. The first-order valence-corrected chi connectivity index (χ1v) is 13.7. The van der Waals surface area contributed by atoms with Gasteiger partial charge in [0.05, 0.1) is 55.7 Å². The van der Waals surface area contributed by atoms with Gasteiger partial charge in [-0.1, -0.05) is 24.8 Å². The van der Waals surface area contributed by atoms with E-state index in [1.54, 1.807) is 20.1 Å². The molecule has 2 aromatic heterocycles. The lowest BCUT2D eigenvalue weighted by atomic mass is 9.96. The van der Waals surface area contributed by atoms with Crippen molar-refractivity contribution < 1.29 is 23.8 Å². The number of nitrogen functional groups attached to an aromatic ring is 1. The van der Waals surface area contributed by atoms with Gasteiger partial charge in [0.2, 0.25) is 0 Å². The minimum Gasteiger partial charge on any atom is -0.496 e. The Bertz CT molecular complexity index is 1690. The summed E-state index contributed by atoms with van der Waals surface area (Å²) in [5, 5.41) is 6.57. The van der Waals surface area contributed by atoms with Gasteiger partial charge in [0, 0.05) is 23.4 Å². The average Bonchev–Trinajstić information content (AvgIpc) is 3.59. The molecule has 2 aliphatic heterocycles. The third kappa shape index (κ3) is 4.97. The van der Waals surface area contributed by atoms with Gasteiger partial charge in [0.25, 0.3) is 11.8 Å². The number of aromatic nitrogens is 3. The number of benzene rings is 2. The number of nitrogens with two attached hydrogens (primary N) is 1. The van der Waals surface area contributed by atoms with Crippen molar-refractivity contribution in [2.75, 3.05) is 44.6 Å². The number of nitrogens with zero attached hydrogens (tertiary/aromatic N) is 3. The summed E-state index contributed by atoms with van der Waals surface area (Å²) in [6, 6.07) is 13.1. The molecule has 6 rings (SSSR count). The molecule has 2 fully saturated rings. The smallest absolute Gasteiger partial charge is 0.255 e. The number of rotatable bonds is 8. The summed E-state index contributed by atoms with van der Waals surface area (Å²) >= 11 is 0. The van der Waals surface area contributed by atoms with Crippen LogP contribution in [0.25, 0.3) is 33.4 Å². The summed E-state index contributed by atoms with van der Waals surface area (Å²) in [6.45, 7) is 7.54. The van der Waals surface area contributed by atoms with Gasteiger partial charge in [-0.2, -0.15) is 0 Å². The van der Waals surface area contributed by atoms with Gasteiger partial charge >= 0.3 is 0 Å². The van der Waals surface area contributed by atoms with Crippen LogP contribution < -0.4 is 21.1 Å². The molecular formula is C31H32N6O5. The van der Waals surface area contributed by atoms with E-state index in [1.807, 2.05) is 36.4 Å². The van der Waals surface area contributed by atoms with Crippen LogP contribution >= 0.6 is 0 Å². The summed E-state index contributed by atoms with van der Waals surface area (Å²) in [6.07, 6.45) is 2.23. The second-order valence-corrected chi connectivity index (χ2v) is 10.5. The first kappa shape index (κ1) is 27.4. The average molecular weight is 569 g/mol. The van der Waals surface area contributed by atoms with E-state index >= 15 is 0 Å². The minimum atomic E-state index is -0.246. The Kier molecular flexibility index (Phi) is 7.36. The zero-order chi connectivity index (χ0) is 29.4. The molecule has 1 unspecified atom stereocenters. The molecule has 4 aromatic rings. The second-order valence-electron chi connectivity index (χ2n) is 10.5. The van der Waals surface area contributed by atoms with Crippen LogP contribution in [0, 0.1) is 0 Å². The maximum absolute atomic E-state index is 13.1. The van der Waals surface area contributed by atoms with Gasteiger partial charge in [0.15, 0.2) is 0 Å².